The van der Waals surface area contributed by atoms with E-state index in [1.807, 2.05) is 35.9 Å². The van der Waals surface area contributed by atoms with E-state index in [2.05, 4.69) is 33.2 Å². The van der Waals surface area contributed by atoms with E-state index in [-0.39, 0.29) is 6.10 Å². The van der Waals surface area contributed by atoms with E-state index in [1.54, 1.807) is 12.1 Å². The van der Waals surface area contributed by atoms with E-state index in [0.717, 1.165) is 22.5 Å². The highest BCUT2D eigenvalue weighted by Crippen LogP contribution is 2.37. The average Bonchev–Trinajstić information content (AvgIpc) is 3.50. The Morgan fingerprint density at radius 1 is 1.08 bits per heavy atom. The molecule has 36 heavy (non-hydrogen) atoms. The van der Waals surface area contributed by atoms with Crippen LogP contribution in [0, 0.1) is 6.92 Å². The third-order valence-electron chi connectivity index (χ3n) is 7.04. The molecule has 0 unspecified atom stereocenters. The Hall–Kier alpha value is -3.56. The largest absolute Gasteiger partial charge is 0.389 e. The topological polar surface area (TPSA) is 89.4 Å². The number of aromatic nitrogens is 4. The van der Waals surface area contributed by atoms with Crippen molar-refractivity contribution in [1.82, 2.24) is 19.9 Å². The van der Waals surface area contributed by atoms with Crippen LogP contribution in [0.25, 0.3) is 23.0 Å². The normalized spacial score (nSPS) is 17.8. The van der Waals surface area contributed by atoms with Crippen molar-refractivity contribution < 1.29 is 18.8 Å². The molecule has 2 fully saturated rings. The fourth-order valence-corrected chi connectivity index (χ4v) is 4.81. The van der Waals surface area contributed by atoms with E-state index in [0.29, 0.717) is 68.7 Å². The van der Waals surface area contributed by atoms with E-state index < -0.39 is 5.67 Å². The van der Waals surface area contributed by atoms with E-state index in [4.69, 9.17) is 14.4 Å². The summed E-state index contributed by atoms with van der Waals surface area (Å²) in [6, 6.07) is 17.4. The number of aryl methyl sites for hydroxylation is 1. The number of nitrogens with zero attached hydrogens (tertiary/aromatic N) is 5. The van der Waals surface area contributed by atoms with Crippen molar-refractivity contribution in [2.45, 2.75) is 38.1 Å². The van der Waals surface area contributed by atoms with Gasteiger partial charge in [0.15, 0.2) is 5.69 Å². The predicted octanol–water partition coefficient (Wildman–Crippen LogP) is 4.11. The van der Waals surface area contributed by atoms with Crippen LogP contribution in [-0.4, -0.2) is 57.4 Å². The number of alkyl halides is 1. The maximum atomic E-state index is 15.2. The minimum atomic E-state index is -1.35. The third-order valence-corrected chi connectivity index (χ3v) is 7.04. The minimum Gasteiger partial charge on any atom is -0.389 e. The molecule has 2 aromatic carbocycles. The molecule has 2 saturated heterocycles. The molecule has 2 aliphatic rings. The van der Waals surface area contributed by atoms with Gasteiger partial charge in [-0.1, -0.05) is 41.6 Å². The molecule has 2 aliphatic heterocycles. The molecule has 2 aromatic heterocycles. The van der Waals surface area contributed by atoms with Crippen LogP contribution in [0.4, 0.5) is 10.1 Å². The lowest BCUT2D eigenvalue weighted by molar-refractivity contribution is -0.0114. The zero-order chi connectivity index (χ0) is 24.7. The highest BCUT2D eigenvalue weighted by atomic mass is 19.1. The van der Waals surface area contributed by atoms with Crippen LogP contribution < -0.4 is 4.90 Å². The van der Waals surface area contributed by atoms with Gasteiger partial charge in [0.1, 0.15) is 5.67 Å². The van der Waals surface area contributed by atoms with Crippen LogP contribution in [0.2, 0.25) is 0 Å². The second-order valence-corrected chi connectivity index (χ2v) is 9.64. The predicted molar refractivity (Wildman–Crippen MR) is 132 cm³/mol. The average molecular weight is 490 g/mol. The van der Waals surface area contributed by atoms with Gasteiger partial charge in [0, 0.05) is 56.1 Å². The summed E-state index contributed by atoms with van der Waals surface area (Å²) in [6.45, 7) is 4.80. The summed E-state index contributed by atoms with van der Waals surface area (Å²) >= 11 is 0. The fraction of sp³-hybridized carbons (Fsp3) is 0.370. The van der Waals surface area contributed by atoms with E-state index in [9.17, 15) is 5.11 Å². The second kappa shape index (κ2) is 9.15. The molecule has 0 atom stereocenters. The van der Waals surface area contributed by atoms with Crippen molar-refractivity contribution in [1.29, 1.82) is 0 Å². The minimum absolute atomic E-state index is 0.242. The first-order valence-corrected chi connectivity index (χ1v) is 12.2. The first-order valence-electron chi connectivity index (χ1n) is 12.2. The number of anilines is 1. The molecule has 8 nitrogen and oxygen atoms in total. The first-order chi connectivity index (χ1) is 17.5. The van der Waals surface area contributed by atoms with Gasteiger partial charge in [-0.05, 0) is 36.2 Å². The highest BCUT2D eigenvalue weighted by Gasteiger charge is 2.34. The molecule has 9 heteroatoms. The summed E-state index contributed by atoms with van der Waals surface area (Å²) in [5.74, 6) is 0.777. The lowest BCUT2D eigenvalue weighted by Crippen LogP contribution is -2.50. The number of hydrogen-bond donors (Lipinski definition) is 1. The van der Waals surface area contributed by atoms with Gasteiger partial charge >= 0.3 is 0 Å². The number of aliphatic hydroxyl groups is 1. The Kier molecular flexibility index (Phi) is 5.81. The maximum absolute atomic E-state index is 15.2. The van der Waals surface area contributed by atoms with Crippen molar-refractivity contribution in [3.63, 3.8) is 0 Å². The summed E-state index contributed by atoms with van der Waals surface area (Å²) in [4.78, 5) is 6.69. The van der Waals surface area contributed by atoms with Crippen LogP contribution in [0.5, 0.6) is 0 Å². The summed E-state index contributed by atoms with van der Waals surface area (Å²) < 4.78 is 27.9. The van der Waals surface area contributed by atoms with Crippen LogP contribution in [0.3, 0.4) is 0 Å². The van der Waals surface area contributed by atoms with Gasteiger partial charge < -0.3 is 19.3 Å². The van der Waals surface area contributed by atoms with Crippen LogP contribution in [0.1, 0.15) is 29.7 Å². The first kappa shape index (κ1) is 22.9. The van der Waals surface area contributed by atoms with Crippen molar-refractivity contribution >= 4 is 5.69 Å². The van der Waals surface area contributed by atoms with Gasteiger partial charge in [-0.2, -0.15) is 10.1 Å². The fourth-order valence-electron chi connectivity index (χ4n) is 4.81. The molecule has 6 rings (SSSR count). The van der Waals surface area contributed by atoms with Gasteiger partial charge in [-0.15, -0.1) is 0 Å². The molecule has 0 saturated carbocycles. The van der Waals surface area contributed by atoms with Crippen LogP contribution in [-0.2, 0) is 17.0 Å². The van der Waals surface area contributed by atoms with Gasteiger partial charge in [0.25, 0.3) is 5.89 Å². The highest BCUT2D eigenvalue weighted by molar-refractivity contribution is 5.58. The number of benzene rings is 2. The van der Waals surface area contributed by atoms with E-state index >= 15 is 4.39 Å². The number of rotatable bonds is 6. The molecule has 4 aromatic rings. The van der Waals surface area contributed by atoms with Gasteiger partial charge in [-0.25, -0.2) is 4.39 Å². The van der Waals surface area contributed by atoms with Gasteiger partial charge in [-0.3, -0.25) is 4.68 Å². The molecule has 0 radical (unpaired) electrons. The number of aliphatic hydroxyl groups excluding tert-OH is 1. The lowest BCUT2D eigenvalue weighted by Gasteiger charge is -2.38. The Morgan fingerprint density at radius 2 is 1.86 bits per heavy atom. The molecule has 0 aliphatic carbocycles. The van der Waals surface area contributed by atoms with Crippen molar-refractivity contribution in [2.24, 2.45) is 0 Å². The zero-order valence-electron chi connectivity index (χ0n) is 20.1. The standard InChI is InChI=1S/C27H28FN5O3/c1-18-13-24(30-33(18)15-19-3-2-4-22(14-19)32-16-23(34)17-32)26-29-25(31-36-26)20-5-7-21(8-6-20)27(28)9-11-35-12-10-27/h2-8,13-14,23,34H,9-12,15-17H2,1H3. The Bertz CT molecular complexity index is 1350. The molecule has 186 valence electrons. The molecule has 4 heterocycles. The van der Waals surface area contributed by atoms with Crippen molar-refractivity contribution in [3.05, 3.63) is 71.4 Å². The zero-order valence-corrected chi connectivity index (χ0v) is 20.1. The summed E-state index contributed by atoms with van der Waals surface area (Å²) in [6.07, 6.45) is 0.493. The third kappa shape index (κ3) is 4.40. The monoisotopic (exact) mass is 489 g/mol. The number of ether oxygens (including phenoxy) is 1. The molecular formula is C27H28FN5O3. The summed E-state index contributed by atoms with van der Waals surface area (Å²) in [5, 5.41) is 18.4. The van der Waals surface area contributed by atoms with E-state index in [1.165, 1.54) is 0 Å². The summed E-state index contributed by atoms with van der Waals surface area (Å²) in [5.41, 5.74) is 3.87. The second-order valence-electron chi connectivity index (χ2n) is 9.64. The van der Waals surface area contributed by atoms with Crippen LogP contribution >= 0.6 is 0 Å². The van der Waals surface area contributed by atoms with Gasteiger partial charge in [0.05, 0.1) is 12.6 Å². The number of halogens is 1. The maximum Gasteiger partial charge on any atom is 0.278 e. The van der Waals surface area contributed by atoms with Crippen molar-refractivity contribution in [2.75, 3.05) is 31.2 Å². The quantitative estimate of drug-likeness (QED) is 0.436. The molecule has 0 amide bonds. The Labute approximate surface area is 208 Å². The van der Waals surface area contributed by atoms with Crippen molar-refractivity contribution in [3.8, 4) is 23.0 Å². The SMILES string of the molecule is Cc1cc(-c2nc(-c3ccc(C4(F)CCOCC4)cc3)no2)nn1Cc1cccc(N2CC(O)C2)c1. The smallest absolute Gasteiger partial charge is 0.278 e. The van der Waals surface area contributed by atoms with Crippen LogP contribution in [0.15, 0.2) is 59.1 Å². The lowest BCUT2D eigenvalue weighted by atomic mass is 9.88. The molecule has 0 bridgehead atoms. The Morgan fingerprint density at radius 3 is 2.61 bits per heavy atom. The number of β-amino-alcohol motifs (C(OH)–C–C–N with tert-alkyl or cyclic N) is 1. The molecule has 1 N–H and O–H groups in total. The molecule has 0 spiro atoms. The Balaban J connectivity index is 1.17. The number of hydrogen-bond acceptors (Lipinski definition) is 7. The summed E-state index contributed by atoms with van der Waals surface area (Å²) in [7, 11) is 0. The van der Waals surface area contributed by atoms with Gasteiger partial charge in [0.2, 0.25) is 5.82 Å². The molecular weight excluding hydrogens is 461 g/mol.